The molecule has 1 aromatic heterocycles. The van der Waals surface area contributed by atoms with Gasteiger partial charge in [0, 0.05) is 18.7 Å². The molecule has 4 nitrogen and oxygen atoms in total. The van der Waals surface area contributed by atoms with Crippen LogP contribution in [0.5, 0.6) is 5.88 Å². The van der Waals surface area contributed by atoms with Gasteiger partial charge in [0.15, 0.2) is 0 Å². The minimum atomic E-state index is 0.635. The Morgan fingerprint density at radius 1 is 1.29 bits per heavy atom. The third kappa shape index (κ3) is 4.69. The second-order valence-corrected chi connectivity index (χ2v) is 4.57. The Morgan fingerprint density at radius 2 is 2.18 bits per heavy atom. The van der Waals surface area contributed by atoms with Crippen LogP contribution in [0, 0.1) is 0 Å². The SMILES string of the molecule is CCCCCOc1ccc(CNC2CC2)nn1. The summed E-state index contributed by atoms with van der Waals surface area (Å²) in [6, 6.07) is 4.60. The Balaban J connectivity index is 1.68. The molecular weight excluding hydrogens is 214 g/mol. The molecule has 4 heteroatoms. The Bertz CT molecular complexity index is 322. The van der Waals surface area contributed by atoms with E-state index < -0.39 is 0 Å². The molecular formula is C13H21N3O. The van der Waals surface area contributed by atoms with Crippen LogP contribution in [-0.4, -0.2) is 22.8 Å². The van der Waals surface area contributed by atoms with E-state index in [4.69, 9.17) is 4.74 Å². The number of ether oxygens (including phenoxy) is 1. The van der Waals surface area contributed by atoms with E-state index in [2.05, 4.69) is 22.4 Å². The standard InChI is InChI=1S/C13H21N3O/c1-2-3-4-9-17-13-8-7-12(15-16-13)10-14-11-5-6-11/h7-8,11,14H,2-6,9-10H2,1H3. The molecule has 94 valence electrons. The molecule has 1 fully saturated rings. The third-order valence-corrected chi connectivity index (χ3v) is 2.84. The molecule has 0 aromatic carbocycles. The smallest absolute Gasteiger partial charge is 0.233 e. The van der Waals surface area contributed by atoms with Gasteiger partial charge in [-0.1, -0.05) is 19.8 Å². The summed E-state index contributed by atoms with van der Waals surface area (Å²) in [6.07, 6.45) is 6.10. The number of hydrogen-bond acceptors (Lipinski definition) is 4. The Morgan fingerprint density at radius 3 is 2.82 bits per heavy atom. The normalized spacial score (nSPS) is 14.9. The minimum Gasteiger partial charge on any atom is -0.477 e. The fourth-order valence-electron chi connectivity index (χ4n) is 1.58. The minimum absolute atomic E-state index is 0.635. The summed E-state index contributed by atoms with van der Waals surface area (Å²) in [5, 5.41) is 11.6. The van der Waals surface area contributed by atoms with E-state index in [0.29, 0.717) is 11.9 Å². The Hall–Kier alpha value is -1.16. The van der Waals surface area contributed by atoms with Gasteiger partial charge in [-0.2, -0.15) is 5.10 Å². The van der Waals surface area contributed by atoms with Gasteiger partial charge in [0.05, 0.1) is 12.3 Å². The lowest BCUT2D eigenvalue weighted by atomic mass is 10.3. The van der Waals surface area contributed by atoms with Crippen LogP contribution >= 0.6 is 0 Å². The summed E-state index contributed by atoms with van der Waals surface area (Å²) < 4.78 is 5.51. The lowest BCUT2D eigenvalue weighted by Crippen LogP contribution is -2.16. The van der Waals surface area contributed by atoms with Gasteiger partial charge in [-0.25, -0.2) is 0 Å². The van der Waals surface area contributed by atoms with Crippen molar-refractivity contribution in [3.63, 3.8) is 0 Å². The topological polar surface area (TPSA) is 47.0 Å². The maximum absolute atomic E-state index is 5.51. The monoisotopic (exact) mass is 235 g/mol. The first kappa shape index (κ1) is 12.3. The zero-order valence-electron chi connectivity index (χ0n) is 10.5. The molecule has 0 saturated heterocycles. The fraction of sp³-hybridized carbons (Fsp3) is 0.692. The van der Waals surface area contributed by atoms with Crippen molar-refractivity contribution in [2.75, 3.05) is 6.61 Å². The van der Waals surface area contributed by atoms with E-state index in [1.54, 1.807) is 0 Å². The molecule has 0 spiro atoms. The number of rotatable bonds is 8. The molecule has 0 bridgehead atoms. The molecule has 0 radical (unpaired) electrons. The van der Waals surface area contributed by atoms with Crippen molar-refractivity contribution in [3.05, 3.63) is 17.8 Å². The Labute approximate surface area is 103 Å². The summed E-state index contributed by atoms with van der Waals surface area (Å²) in [5.41, 5.74) is 0.984. The van der Waals surface area contributed by atoms with Crippen LogP contribution in [0.1, 0.15) is 44.7 Å². The van der Waals surface area contributed by atoms with E-state index in [9.17, 15) is 0 Å². The predicted molar refractivity (Wildman–Crippen MR) is 66.9 cm³/mol. The molecule has 1 N–H and O–H groups in total. The van der Waals surface area contributed by atoms with Gasteiger partial charge in [-0.3, -0.25) is 0 Å². The van der Waals surface area contributed by atoms with Crippen molar-refractivity contribution in [1.29, 1.82) is 0 Å². The van der Waals surface area contributed by atoms with Crippen molar-refractivity contribution in [3.8, 4) is 5.88 Å². The van der Waals surface area contributed by atoms with E-state index in [1.165, 1.54) is 25.7 Å². The molecule has 1 heterocycles. The van der Waals surface area contributed by atoms with Crippen LogP contribution in [-0.2, 0) is 6.54 Å². The summed E-state index contributed by atoms with van der Waals surface area (Å²) in [7, 11) is 0. The molecule has 2 rings (SSSR count). The van der Waals surface area contributed by atoms with Gasteiger partial charge in [-0.15, -0.1) is 5.10 Å². The predicted octanol–water partition coefficient (Wildman–Crippen LogP) is 2.30. The van der Waals surface area contributed by atoms with E-state index >= 15 is 0 Å². The number of unbranched alkanes of at least 4 members (excludes halogenated alkanes) is 2. The number of nitrogens with zero attached hydrogens (tertiary/aromatic N) is 2. The lowest BCUT2D eigenvalue weighted by Gasteiger charge is -2.05. The molecule has 17 heavy (non-hydrogen) atoms. The first-order chi connectivity index (χ1) is 8.38. The zero-order valence-corrected chi connectivity index (χ0v) is 10.5. The van der Waals surface area contributed by atoms with Crippen molar-refractivity contribution in [1.82, 2.24) is 15.5 Å². The summed E-state index contributed by atoms with van der Waals surface area (Å²) in [4.78, 5) is 0. The van der Waals surface area contributed by atoms with E-state index in [-0.39, 0.29) is 0 Å². The van der Waals surface area contributed by atoms with Crippen LogP contribution < -0.4 is 10.1 Å². The molecule has 1 aliphatic carbocycles. The average molecular weight is 235 g/mol. The van der Waals surface area contributed by atoms with Gasteiger partial charge in [0.1, 0.15) is 0 Å². The van der Waals surface area contributed by atoms with Crippen LogP contribution in [0.25, 0.3) is 0 Å². The largest absolute Gasteiger partial charge is 0.477 e. The van der Waals surface area contributed by atoms with Gasteiger partial charge < -0.3 is 10.1 Å². The number of nitrogens with one attached hydrogen (secondary N) is 1. The van der Waals surface area contributed by atoms with Gasteiger partial charge >= 0.3 is 0 Å². The van der Waals surface area contributed by atoms with Crippen LogP contribution in [0.15, 0.2) is 12.1 Å². The van der Waals surface area contributed by atoms with E-state index in [0.717, 1.165) is 25.3 Å². The Kier molecular flexibility index (Phi) is 4.74. The zero-order chi connectivity index (χ0) is 11.9. The van der Waals surface area contributed by atoms with Gasteiger partial charge in [0.2, 0.25) is 5.88 Å². The van der Waals surface area contributed by atoms with Crippen molar-refractivity contribution >= 4 is 0 Å². The first-order valence-corrected chi connectivity index (χ1v) is 6.57. The summed E-state index contributed by atoms with van der Waals surface area (Å²) in [6.45, 7) is 3.73. The molecule has 1 aromatic rings. The highest BCUT2D eigenvalue weighted by molar-refractivity contribution is 5.11. The molecule has 0 amide bonds. The van der Waals surface area contributed by atoms with E-state index in [1.807, 2.05) is 12.1 Å². The lowest BCUT2D eigenvalue weighted by molar-refractivity contribution is 0.291. The average Bonchev–Trinajstić information content (AvgIpc) is 3.18. The maximum atomic E-state index is 5.51. The fourth-order valence-corrected chi connectivity index (χ4v) is 1.58. The first-order valence-electron chi connectivity index (χ1n) is 6.57. The molecule has 1 aliphatic rings. The van der Waals surface area contributed by atoms with Crippen molar-refractivity contribution in [2.45, 2.75) is 51.6 Å². The second-order valence-electron chi connectivity index (χ2n) is 4.57. The third-order valence-electron chi connectivity index (χ3n) is 2.84. The highest BCUT2D eigenvalue weighted by Crippen LogP contribution is 2.19. The molecule has 0 aliphatic heterocycles. The second kappa shape index (κ2) is 6.55. The van der Waals surface area contributed by atoms with Crippen molar-refractivity contribution < 1.29 is 4.74 Å². The van der Waals surface area contributed by atoms with Crippen LogP contribution in [0.3, 0.4) is 0 Å². The summed E-state index contributed by atoms with van der Waals surface area (Å²) in [5.74, 6) is 0.635. The van der Waals surface area contributed by atoms with Gasteiger partial charge in [0.25, 0.3) is 0 Å². The highest BCUT2D eigenvalue weighted by Gasteiger charge is 2.20. The van der Waals surface area contributed by atoms with Crippen molar-refractivity contribution in [2.24, 2.45) is 0 Å². The van der Waals surface area contributed by atoms with Crippen LogP contribution in [0.4, 0.5) is 0 Å². The molecule has 0 unspecified atom stereocenters. The van der Waals surface area contributed by atoms with Gasteiger partial charge in [-0.05, 0) is 25.3 Å². The number of hydrogen-bond donors (Lipinski definition) is 1. The number of aromatic nitrogens is 2. The molecule has 0 atom stereocenters. The quantitative estimate of drug-likeness (QED) is 0.702. The summed E-state index contributed by atoms with van der Waals surface area (Å²) >= 11 is 0. The molecule has 1 saturated carbocycles. The van der Waals surface area contributed by atoms with Crippen LogP contribution in [0.2, 0.25) is 0 Å². The highest BCUT2D eigenvalue weighted by atomic mass is 16.5. The maximum Gasteiger partial charge on any atom is 0.233 e.